The summed E-state index contributed by atoms with van der Waals surface area (Å²) >= 11 is 0. The molecule has 4 heterocycles. The Kier molecular flexibility index (Phi) is 35.5. The van der Waals surface area contributed by atoms with Gasteiger partial charge in [-0.25, -0.2) is 34.1 Å². The molecule has 60 heavy (non-hydrogen) atoms. The number of hydrogen-bond donors (Lipinski definition) is 5. The standard InChI is InChI=1S/C12H13N3O2.C12H13NO4.C9H9NO4.C5H10O.2CH4.H4N2.Na.H2O.H/c1-7(2)9-3-4-13-10(9)11-14-5-8(6-15-11)12(16)17;1-7(2)10(14)5-11(15)9-4-3-8(6-13-9)12(16)17;1-2-14-9(13)7-4-3-6(5-10-7)8(11)12;1-4(2)5(3)6;;;1-2;;;/h3,5-7H,4H2,1-2H3,(H,16,17);3-4,6-7H,5H2,1-2H3,(H,16,17);3-5H,2H2,1H3,(H,11,12);4H,1-3H3;2*1H4;1-2H2;;1H2;/q;;;;;;;+1;;-1. The molecule has 20 heteroatoms. The molecular weight excluding hydrogens is 793 g/mol. The first kappa shape index (κ1) is 63.7. The fourth-order valence-electron chi connectivity index (χ4n) is 3.68. The molecule has 1 aliphatic rings. The zero-order chi connectivity index (χ0) is 43.1. The minimum atomic E-state index is -1.10. The van der Waals surface area contributed by atoms with Crippen molar-refractivity contribution in [3.8, 4) is 0 Å². The van der Waals surface area contributed by atoms with E-state index in [2.05, 4.69) is 61.3 Å². The zero-order valence-corrected chi connectivity index (χ0v) is 36.0. The number of carboxylic acids is 3. The number of carbonyl (C=O) groups is 7. The van der Waals surface area contributed by atoms with E-state index >= 15 is 0 Å². The van der Waals surface area contributed by atoms with Gasteiger partial charge in [-0.15, -0.1) is 0 Å². The van der Waals surface area contributed by atoms with E-state index in [1.165, 1.54) is 36.7 Å². The van der Waals surface area contributed by atoms with Gasteiger partial charge in [0.05, 0.1) is 36.3 Å². The van der Waals surface area contributed by atoms with Crippen LogP contribution in [-0.2, 0) is 14.3 Å². The summed E-state index contributed by atoms with van der Waals surface area (Å²) in [6.07, 6.45) is 6.70. The van der Waals surface area contributed by atoms with Gasteiger partial charge in [0.25, 0.3) is 0 Å². The van der Waals surface area contributed by atoms with E-state index < -0.39 is 23.9 Å². The summed E-state index contributed by atoms with van der Waals surface area (Å²) in [7, 11) is 0. The zero-order valence-electron chi connectivity index (χ0n) is 35.0. The van der Waals surface area contributed by atoms with Crippen LogP contribution in [0.1, 0.15) is 136 Å². The van der Waals surface area contributed by atoms with E-state index in [9.17, 15) is 33.6 Å². The number of ketones is 3. The molecule has 3 aromatic rings. The molecule has 0 aliphatic carbocycles. The van der Waals surface area contributed by atoms with E-state index in [1.54, 1.807) is 27.7 Å². The van der Waals surface area contributed by atoms with Crippen molar-refractivity contribution < 1.29 is 90.1 Å². The Morgan fingerprint density at radius 1 is 0.717 bits per heavy atom. The number of carboxylic acid groups (broad SMARTS) is 3. The van der Waals surface area contributed by atoms with Crippen LogP contribution in [0, 0.1) is 17.8 Å². The quantitative estimate of drug-likeness (QED) is 0.0432. The predicted molar refractivity (Wildman–Crippen MR) is 223 cm³/mol. The molecule has 0 aromatic carbocycles. The molecule has 0 unspecified atom stereocenters. The average molecular weight is 854 g/mol. The fraction of sp³-hybridized carbons (Fsp3) is 0.400. The van der Waals surface area contributed by atoms with E-state index in [4.69, 9.17) is 15.3 Å². The number of allylic oxidation sites excluding steroid dienone is 1. The molecule has 0 amide bonds. The van der Waals surface area contributed by atoms with Crippen LogP contribution in [0.25, 0.3) is 0 Å². The number of aromatic nitrogens is 4. The fourth-order valence-corrected chi connectivity index (χ4v) is 3.68. The molecule has 9 N–H and O–H groups in total. The summed E-state index contributed by atoms with van der Waals surface area (Å²) < 4.78 is 4.68. The number of hydrazine groups is 1. The van der Waals surface area contributed by atoms with Crippen LogP contribution in [0.2, 0.25) is 0 Å². The van der Waals surface area contributed by atoms with E-state index in [-0.39, 0.29) is 122 Å². The van der Waals surface area contributed by atoms with Crippen LogP contribution >= 0.6 is 0 Å². The molecule has 0 saturated heterocycles. The van der Waals surface area contributed by atoms with E-state index in [1.807, 2.05) is 13.8 Å². The van der Waals surface area contributed by atoms with Crippen LogP contribution in [0.3, 0.4) is 0 Å². The topological polar surface area (TPSA) is 337 Å². The maximum absolute atomic E-state index is 11.6. The largest absolute Gasteiger partial charge is 1.00 e. The third kappa shape index (κ3) is 23.2. The summed E-state index contributed by atoms with van der Waals surface area (Å²) in [6.45, 7) is 15.6. The summed E-state index contributed by atoms with van der Waals surface area (Å²) in [5, 5.41) is 26.0. The summed E-state index contributed by atoms with van der Waals surface area (Å²) in [5.74, 6) is 4.83. The molecule has 4 rings (SSSR count). The number of ether oxygens (including phenoxy) is 1. The molecule has 1 aliphatic heterocycles. The number of carbonyl (C=O) groups excluding carboxylic acids is 4. The van der Waals surface area contributed by atoms with Crippen LogP contribution in [0.5, 0.6) is 0 Å². The first-order valence-electron chi connectivity index (χ1n) is 17.1. The molecule has 0 bridgehead atoms. The second kappa shape index (κ2) is 33.4. The second-order valence-electron chi connectivity index (χ2n) is 12.3. The number of esters is 1. The summed E-state index contributed by atoms with van der Waals surface area (Å²) in [5.41, 5.74) is 2.25. The second-order valence-corrected chi connectivity index (χ2v) is 12.3. The van der Waals surface area contributed by atoms with Crippen molar-refractivity contribution in [1.82, 2.24) is 19.9 Å². The Morgan fingerprint density at radius 3 is 1.47 bits per heavy atom. The van der Waals surface area contributed by atoms with Crippen molar-refractivity contribution >= 4 is 46.9 Å². The molecular formula is C40H60N7NaO12. The third-order valence-corrected chi connectivity index (χ3v) is 7.15. The Labute approximate surface area is 374 Å². The van der Waals surface area contributed by atoms with Crippen molar-refractivity contribution in [2.45, 2.75) is 76.7 Å². The van der Waals surface area contributed by atoms with Gasteiger partial charge in [-0.05, 0) is 49.6 Å². The van der Waals surface area contributed by atoms with Crippen molar-refractivity contribution in [3.63, 3.8) is 0 Å². The number of nitrogens with two attached hydrogens (primary N) is 2. The van der Waals surface area contributed by atoms with Gasteiger partial charge in [0.1, 0.15) is 28.7 Å². The van der Waals surface area contributed by atoms with Gasteiger partial charge in [-0.3, -0.25) is 36.0 Å². The Balaban J connectivity index is -0.000000165. The molecule has 0 atom stereocenters. The number of aliphatic imine (C=N–C) groups is 1. The summed E-state index contributed by atoms with van der Waals surface area (Å²) in [6, 6.07) is 5.24. The van der Waals surface area contributed by atoms with Crippen LogP contribution in [-0.4, -0.2) is 101 Å². The molecule has 0 saturated carbocycles. The maximum Gasteiger partial charge on any atom is 1.00 e. The van der Waals surface area contributed by atoms with Crippen LogP contribution in [0.15, 0.2) is 65.7 Å². The number of Topliss-reactive ketones (excluding diaryl/α,β-unsaturated/α-hetero) is 3. The molecule has 0 fully saturated rings. The minimum absolute atomic E-state index is 0. The van der Waals surface area contributed by atoms with Gasteiger partial charge < -0.3 is 27.0 Å². The third-order valence-electron chi connectivity index (χ3n) is 7.15. The van der Waals surface area contributed by atoms with Crippen LogP contribution in [0.4, 0.5) is 0 Å². The molecule has 328 valence electrons. The number of rotatable bonds is 12. The van der Waals surface area contributed by atoms with Gasteiger partial charge in [-0.1, -0.05) is 62.5 Å². The molecule has 19 nitrogen and oxygen atoms in total. The van der Waals surface area contributed by atoms with Gasteiger partial charge >= 0.3 is 53.4 Å². The average Bonchev–Trinajstić information content (AvgIpc) is 3.67. The van der Waals surface area contributed by atoms with Gasteiger partial charge in [0.2, 0.25) is 0 Å². The van der Waals surface area contributed by atoms with Crippen LogP contribution < -0.4 is 41.2 Å². The number of pyridine rings is 2. The van der Waals surface area contributed by atoms with Crippen molar-refractivity contribution in [2.75, 3.05) is 13.2 Å². The van der Waals surface area contributed by atoms with Gasteiger partial charge in [-0.2, -0.15) is 0 Å². The first-order valence-corrected chi connectivity index (χ1v) is 17.1. The van der Waals surface area contributed by atoms with Crippen molar-refractivity contribution in [2.24, 2.45) is 34.4 Å². The van der Waals surface area contributed by atoms with Gasteiger partial charge in [0, 0.05) is 36.6 Å². The SMILES string of the molecule is C.C.CC(=O)C(C)C.CC(C)C(=O)CC(=O)c1ccc(C(=O)O)cn1.CC(C)C1=CCN=C1c1ncc(C(=O)O)cn1.CCOC(=O)c1ccc(C(=O)O)cn1.NN.O.[H-].[Na+]. The first-order chi connectivity index (χ1) is 26.3. The monoisotopic (exact) mass is 853 g/mol. The van der Waals surface area contributed by atoms with E-state index in [0.717, 1.165) is 23.7 Å². The Hall–Kier alpha value is -5.44. The van der Waals surface area contributed by atoms with Crippen molar-refractivity contribution in [1.29, 1.82) is 0 Å². The number of aromatic carboxylic acids is 3. The summed E-state index contributed by atoms with van der Waals surface area (Å²) in [4.78, 5) is 95.7. The normalized spacial score (nSPS) is 10.3. The number of nitrogens with zero attached hydrogens (tertiary/aromatic N) is 5. The molecule has 0 spiro atoms. The minimum Gasteiger partial charge on any atom is -1.00 e. The number of hydrogen-bond acceptors (Lipinski definition) is 15. The Bertz CT molecular complexity index is 1870. The van der Waals surface area contributed by atoms with E-state index in [0.29, 0.717) is 18.3 Å². The maximum atomic E-state index is 11.6. The predicted octanol–water partition coefficient (Wildman–Crippen LogP) is 1.71. The molecule has 0 radical (unpaired) electrons. The smallest absolute Gasteiger partial charge is 1.00 e. The molecule has 3 aromatic heterocycles. The van der Waals surface area contributed by atoms with Crippen molar-refractivity contribution in [3.05, 3.63) is 94.6 Å². The van der Waals surface area contributed by atoms with Gasteiger partial charge in [0.15, 0.2) is 11.6 Å². The Morgan fingerprint density at radius 2 is 1.13 bits per heavy atom.